The van der Waals surface area contributed by atoms with Crippen molar-refractivity contribution in [3.63, 3.8) is 0 Å². The Balaban J connectivity index is 1.76. The monoisotopic (exact) mass is 259 g/mol. The van der Waals surface area contributed by atoms with Gasteiger partial charge in [-0.15, -0.1) is 0 Å². The summed E-state index contributed by atoms with van der Waals surface area (Å²) in [4.78, 5) is 11.6. The Bertz CT molecular complexity index is 547. The maximum Gasteiger partial charge on any atom is 0.254 e. The van der Waals surface area contributed by atoms with Gasteiger partial charge in [-0.25, -0.2) is 0 Å². The van der Waals surface area contributed by atoms with E-state index in [1.165, 1.54) is 18.1 Å². The lowest BCUT2D eigenvalue weighted by atomic mass is 10.1. The summed E-state index contributed by atoms with van der Waals surface area (Å²) < 4.78 is 10.5. The second kappa shape index (κ2) is 6.09. The third-order valence-electron chi connectivity index (χ3n) is 2.76. The van der Waals surface area contributed by atoms with Crippen LogP contribution in [-0.2, 0) is 0 Å². The lowest BCUT2D eigenvalue weighted by molar-refractivity contribution is 0.0946. The smallest absolute Gasteiger partial charge is 0.254 e. The zero-order valence-corrected chi connectivity index (χ0v) is 11.1. The summed E-state index contributed by atoms with van der Waals surface area (Å²) in [7, 11) is 0. The van der Waals surface area contributed by atoms with E-state index >= 15 is 0 Å². The third-order valence-corrected chi connectivity index (χ3v) is 2.76. The van der Waals surface area contributed by atoms with E-state index in [-0.39, 0.29) is 5.91 Å². The minimum atomic E-state index is -0.155. The van der Waals surface area contributed by atoms with E-state index in [0.29, 0.717) is 18.7 Å². The van der Waals surface area contributed by atoms with Crippen LogP contribution in [0.5, 0.6) is 5.75 Å². The summed E-state index contributed by atoms with van der Waals surface area (Å²) in [6.45, 7) is 4.94. The molecule has 0 radical (unpaired) electrons. The average Bonchev–Trinajstić information content (AvgIpc) is 2.90. The lowest BCUT2D eigenvalue weighted by Crippen LogP contribution is -2.27. The minimum Gasteiger partial charge on any atom is -0.491 e. The number of rotatable bonds is 5. The summed E-state index contributed by atoms with van der Waals surface area (Å²) in [5.74, 6) is 0.695. The Morgan fingerprint density at radius 1 is 1.32 bits per heavy atom. The van der Waals surface area contributed by atoms with E-state index < -0.39 is 0 Å². The van der Waals surface area contributed by atoms with Gasteiger partial charge < -0.3 is 14.5 Å². The average molecular weight is 259 g/mol. The van der Waals surface area contributed by atoms with Crippen molar-refractivity contribution in [2.45, 2.75) is 13.8 Å². The number of hydrogen-bond acceptors (Lipinski definition) is 3. The van der Waals surface area contributed by atoms with Crippen LogP contribution in [0.15, 0.2) is 41.2 Å². The predicted octanol–water partition coefficient (Wildman–Crippen LogP) is 2.71. The lowest BCUT2D eigenvalue weighted by Gasteiger charge is -2.10. The SMILES string of the molecule is Cc1ccc(OCCNC(=O)c2ccoc2)c(C)c1. The Labute approximate surface area is 112 Å². The maximum atomic E-state index is 11.6. The number of ether oxygens (including phenoxy) is 1. The highest BCUT2D eigenvalue weighted by Gasteiger charge is 2.05. The van der Waals surface area contributed by atoms with Gasteiger partial charge in [0.05, 0.1) is 18.4 Å². The maximum absolute atomic E-state index is 11.6. The Morgan fingerprint density at radius 3 is 2.84 bits per heavy atom. The number of carbonyl (C=O) groups excluding carboxylic acids is 1. The molecule has 0 saturated carbocycles. The van der Waals surface area contributed by atoms with Gasteiger partial charge in [-0.05, 0) is 31.5 Å². The van der Waals surface area contributed by atoms with Crippen LogP contribution in [0.25, 0.3) is 0 Å². The van der Waals surface area contributed by atoms with Crippen molar-refractivity contribution in [2.75, 3.05) is 13.2 Å². The van der Waals surface area contributed by atoms with Crippen molar-refractivity contribution in [3.05, 3.63) is 53.5 Å². The molecule has 0 atom stereocenters. The molecule has 4 nitrogen and oxygen atoms in total. The van der Waals surface area contributed by atoms with Crippen LogP contribution in [0.3, 0.4) is 0 Å². The zero-order chi connectivity index (χ0) is 13.7. The zero-order valence-electron chi connectivity index (χ0n) is 11.1. The standard InChI is InChI=1S/C15H17NO3/c1-11-3-4-14(12(2)9-11)19-8-6-16-15(17)13-5-7-18-10-13/h3-5,7,9-10H,6,8H2,1-2H3,(H,16,17). The molecule has 4 heteroatoms. The molecule has 1 amide bonds. The van der Waals surface area contributed by atoms with Crippen LogP contribution in [0, 0.1) is 13.8 Å². The molecule has 0 bridgehead atoms. The quantitative estimate of drug-likeness (QED) is 0.840. The normalized spacial score (nSPS) is 10.2. The van der Waals surface area contributed by atoms with E-state index in [0.717, 1.165) is 11.3 Å². The van der Waals surface area contributed by atoms with Crippen LogP contribution in [0.4, 0.5) is 0 Å². The van der Waals surface area contributed by atoms with Crippen LogP contribution in [0.1, 0.15) is 21.5 Å². The Morgan fingerprint density at radius 2 is 2.16 bits per heavy atom. The molecule has 100 valence electrons. The summed E-state index contributed by atoms with van der Waals surface area (Å²) in [6.07, 6.45) is 2.89. The third kappa shape index (κ3) is 3.61. The molecule has 1 aromatic carbocycles. The van der Waals surface area contributed by atoms with Gasteiger partial charge in [0.2, 0.25) is 0 Å². The van der Waals surface area contributed by atoms with E-state index in [9.17, 15) is 4.79 Å². The fourth-order valence-electron chi connectivity index (χ4n) is 1.78. The fourth-order valence-corrected chi connectivity index (χ4v) is 1.78. The van der Waals surface area contributed by atoms with Gasteiger partial charge in [-0.2, -0.15) is 0 Å². The molecule has 0 aliphatic carbocycles. The van der Waals surface area contributed by atoms with Crippen molar-refractivity contribution in [3.8, 4) is 5.75 Å². The summed E-state index contributed by atoms with van der Waals surface area (Å²) in [5.41, 5.74) is 2.82. The topological polar surface area (TPSA) is 51.5 Å². The molecule has 2 rings (SSSR count). The highest BCUT2D eigenvalue weighted by Crippen LogP contribution is 2.18. The first-order valence-corrected chi connectivity index (χ1v) is 6.17. The van der Waals surface area contributed by atoms with Crippen LogP contribution in [0.2, 0.25) is 0 Å². The minimum absolute atomic E-state index is 0.155. The van der Waals surface area contributed by atoms with E-state index in [1.807, 2.05) is 26.0 Å². The Hall–Kier alpha value is -2.23. The number of benzene rings is 1. The second-order valence-electron chi connectivity index (χ2n) is 4.39. The predicted molar refractivity (Wildman–Crippen MR) is 72.5 cm³/mol. The summed E-state index contributed by atoms with van der Waals surface area (Å²) in [5, 5.41) is 2.76. The number of carbonyl (C=O) groups is 1. The van der Waals surface area contributed by atoms with Crippen LogP contribution in [-0.4, -0.2) is 19.1 Å². The van der Waals surface area contributed by atoms with Gasteiger partial charge in [0.15, 0.2) is 0 Å². The number of hydrogen-bond donors (Lipinski definition) is 1. The first kappa shape index (κ1) is 13.2. The molecule has 0 fully saturated rings. The highest BCUT2D eigenvalue weighted by atomic mass is 16.5. The summed E-state index contributed by atoms with van der Waals surface area (Å²) in [6, 6.07) is 7.65. The van der Waals surface area contributed by atoms with E-state index in [2.05, 4.69) is 11.4 Å². The molecule has 1 aromatic heterocycles. The van der Waals surface area contributed by atoms with Gasteiger partial charge in [0, 0.05) is 0 Å². The van der Waals surface area contributed by atoms with Gasteiger partial charge in [0.25, 0.3) is 5.91 Å². The van der Waals surface area contributed by atoms with Crippen LogP contribution < -0.4 is 10.1 Å². The number of nitrogens with one attached hydrogen (secondary N) is 1. The molecule has 0 saturated heterocycles. The number of furan rings is 1. The molecule has 0 unspecified atom stereocenters. The molecule has 0 aliphatic rings. The van der Waals surface area contributed by atoms with Crippen molar-refractivity contribution < 1.29 is 13.9 Å². The van der Waals surface area contributed by atoms with E-state index in [4.69, 9.17) is 9.15 Å². The highest BCUT2D eigenvalue weighted by molar-refractivity contribution is 5.93. The van der Waals surface area contributed by atoms with Crippen LogP contribution >= 0.6 is 0 Å². The molecule has 2 aromatic rings. The first-order valence-electron chi connectivity index (χ1n) is 6.17. The molecule has 0 aliphatic heterocycles. The molecule has 19 heavy (non-hydrogen) atoms. The molecule has 1 N–H and O–H groups in total. The molecular formula is C15H17NO3. The van der Waals surface area contributed by atoms with Crippen molar-refractivity contribution in [2.24, 2.45) is 0 Å². The largest absolute Gasteiger partial charge is 0.491 e. The number of aryl methyl sites for hydroxylation is 2. The van der Waals surface area contributed by atoms with Gasteiger partial charge in [-0.1, -0.05) is 17.7 Å². The van der Waals surface area contributed by atoms with Crippen molar-refractivity contribution >= 4 is 5.91 Å². The Kier molecular flexibility index (Phi) is 4.23. The molecule has 1 heterocycles. The van der Waals surface area contributed by atoms with E-state index in [1.54, 1.807) is 6.07 Å². The molecule has 0 spiro atoms. The van der Waals surface area contributed by atoms with Crippen molar-refractivity contribution in [1.82, 2.24) is 5.32 Å². The fraction of sp³-hybridized carbons (Fsp3) is 0.267. The molecular weight excluding hydrogens is 242 g/mol. The first-order chi connectivity index (χ1) is 9.16. The van der Waals surface area contributed by atoms with Crippen molar-refractivity contribution in [1.29, 1.82) is 0 Å². The summed E-state index contributed by atoms with van der Waals surface area (Å²) >= 11 is 0. The van der Waals surface area contributed by atoms with Gasteiger partial charge >= 0.3 is 0 Å². The van der Waals surface area contributed by atoms with Gasteiger partial charge in [-0.3, -0.25) is 4.79 Å². The second-order valence-corrected chi connectivity index (χ2v) is 4.39. The van der Waals surface area contributed by atoms with Gasteiger partial charge in [0.1, 0.15) is 18.6 Å². The number of amides is 1.